The molecule has 12 aromatic carbocycles. The zero-order chi connectivity index (χ0) is 59.2. The van der Waals surface area contributed by atoms with Crippen LogP contribution in [0.25, 0.3) is 121 Å². The lowest BCUT2D eigenvalue weighted by atomic mass is 10.0. The Kier molecular flexibility index (Phi) is 11.7. The van der Waals surface area contributed by atoms with Gasteiger partial charge in [0, 0.05) is 101 Å². The van der Waals surface area contributed by atoms with Gasteiger partial charge in [-0.3, -0.25) is 14.1 Å². The molecule has 0 spiro atoms. The zero-order valence-corrected chi connectivity index (χ0v) is 48.8. The van der Waals surface area contributed by atoms with Crippen LogP contribution in [-0.4, -0.2) is 28.2 Å². The third kappa shape index (κ3) is 7.88. The van der Waals surface area contributed by atoms with Crippen molar-refractivity contribution in [3.63, 3.8) is 0 Å². The van der Waals surface area contributed by atoms with E-state index in [1.165, 1.54) is 0 Å². The number of para-hydroxylation sites is 10. The van der Waals surface area contributed by atoms with Gasteiger partial charge in [-0.1, -0.05) is 188 Å². The average Bonchev–Trinajstić information content (AvgIpc) is 1.51. The van der Waals surface area contributed by atoms with Gasteiger partial charge in [0.25, 0.3) is 0 Å². The minimum atomic E-state index is 0.757. The third-order valence-electron chi connectivity index (χ3n) is 18.0. The number of fused-ring (bicyclic) bond motifs is 12. The predicted molar refractivity (Wildman–Crippen MR) is 374 cm³/mol. The molecule has 8 heteroatoms. The fourth-order valence-corrected chi connectivity index (χ4v) is 14.2. The third-order valence-corrected chi connectivity index (χ3v) is 18.0. The van der Waals surface area contributed by atoms with Gasteiger partial charge in [0.2, 0.25) is 0 Å². The Balaban J connectivity index is 1.04. The normalized spacial score (nSPS) is 11.8. The highest BCUT2D eigenvalue weighted by Crippen LogP contribution is 2.50. The van der Waals surface area contributed by atoms with E-state index in [0.29, 0.717) is 0 Å². The van der Waals surface area contributed by atoms with Crippen LogP contribution in [0.4, 0.5) is 34.1 Å². The number of nitrogens with zero attached hydrogens (tertiary/aromatic N) is 8. The van der Waals surface area contributed by atoms with Gasteiger partial charge in [-0.25, -0.2) is 4.98 Å². The maximum absolute atomic E-state index is 6.51. The second-order valence-electron chi connectivity index (χ2n) is 22.9. The summed E-state index contributed by atoms with van der Waals surface area (Å²) < 4.78 is 9.84. The summed E-state index contributed by atoms with van der Waals surface area (Å²) in [6, 6.07) is 114. The standard InChI is InChI=1S/C82H54N8/c1-5-27-56(28-6-1)85(57-29-7-2-8-30-57)60-47-49-76-68(52-60)66-39-17-21-43-72(66)88(76)80-78(55-26-25-51-83-54-55)79(87-70-41-19-13-35-62(70)63-36-14-20-42-71(63)87)82(84-81(80)89-73-44-22-15-37-64(73)65-38-16-23-45-74(65)89)90-75-46-24-18-40-67(75)69-53-61(48-50-77(69)90)86(58-31-9-3-10-32-58)59-33-11-4-12-34-59/h1-54H. The van der Waals surface area contributed by atoms with Crippen molar-refractivity contribution < 1.29 is 0 Å². The molecule has 0 bridgehead atoms. The molecule has 18 rings (SSSR count). The molecule has 0 radical (unpaired) electrons. The molecule has 0 saturated carbocycles. The summed E-state index contributed by atoms with van der Waals surface area (Å²) in [5, 5.41) is 8.97. The Morgan fingerprint density at radius 3 is 0.856 bits per heavy atom. The van der Waals surface area contributed by atoms with Crippen molar-refractivity contribution in [1.29, 1.82) is 0 Å². The molecule has 6 aromatic heterocycles. The van der Waals surface area contributed by atoms with E-state index in [4.69, 9.17) is 9.97 Å². The van der Waals surface area contributed by atoms with Crippen molar-refractivity contribution in [3.05, 3.63) is 328 Å². The first-order chi connectivity index (χ1) is 44.7. The van der Waals surface area contributed by atoms with Gasteiger partial charge in [-0.05, 0) is 127 Å². The summed E-state index contributed by atoms with van der Waals surface area (Å²) in [6.45, 7) is 0. The van der Waals surface area contributed by atoms with Crippen LogP contribution in [0.15, 0.2) is 328 Å². The number of anilines is 6. The summed E-state index contributed by atoms with van der Waals surface area (Å²) in [5.74, 6) is 1.52. The number of hydrogen-bond donors (Lipinski definition) is 0. The van der Waals surface area contributed by atoms with Crippen molar-refractivity contribution in [2.24, 2.45) is 0 Å². The number of aromatic nitrogens is 6. The molecule has 0 fully saturated rings. The molecule has 90 heavy (non-hydrogen) atoms. The van der Waals surface area contributed by atoms with Crippen molar-refractivity contribution >= 4 is 121 Å². The van der Waals surface area contributed by atoms with Crippen LogP contribution in [0.3, 0.4) is 0 Å². The van der Waals surface area contributed by atoms with Crippen LogP contribution in [0.1, 0.15) is 0 Å². The van der Waals surface area contributed by atoms with Crippen molar-refractivity contribution in [1.82, 2.24) is 28.2 Å². The molecule has 18 aromatic rings. The monoisotopic (exact) mass is 1150 g/mol. The van der Waals surface area contributed by atoms with Crippen molar-refractivity contribution in [2.45, 2.75) is 0 Å². The summed E-state index contributed by atoms with van der Waals surface area (Å²) in [6.07, 6.45) is 3.92. The van der Waals surface area contributed by atoms with Crippen LogP contribution in [0.2, 0.25) is 0 Å². The highest BCUT2D eigenvalue weighted by atomic mass is 15.2. The summed E-state index contributed by atoms with van der Waals surface area (Å²) in [4.78, 5) is 16.2. The van der Waals surface area contributed by atoms with Crippen LogP contribution >= 0.6 is 0 Å². The molecule has 422 valence electrons. The molecule has 0 aliphatic carbocycles. The summed E-state index contributed by atoms with van der Waals surface area (Å²) >= 11 is 0. The SMILES string of the molecule is c1ccc(N(c2ccccc2)c2ccc3c(c2)c2ccccc2n3-c2nc(-n3c4ccccc4c4ccccc43)c(-n3c4ccccc4c4cc(N(c5ccccc5)c5ccccc5)ccc43)c(-c3cccnc3)c2-n2c3ccccc3c3ccccc32)cc1. The van der Waals surface area contributed by atoms with E-state index in [9.17, 15) is 0 Å². The molecule has 0 N–H and O–H groups in total. The van der Waals surface area contributed by atoms with E-state index < -0.39 is 0 Å². The Labute approximate surface area is 518 Å². The molecule has 8 nitrogen and oxygen atoms in total. The maximum Gasteiger partial charge on any atom is 0.165 e. The lowest BCUT2D eigenvalue weighted by molar-refractivity contribution is 0.960. The maximum atomic E-state index is 6.51. The fraction of sp³-hybridized carbons (Fsp3) is 0. The molecule has 0 amide bonds. The van der Waals surface area contributed by atoms with Gasteiger partial charge in [-0.2, -0.15) is 0 Å². The first kappa shape index (κ1) is 51.0. The van der Waals surface area contributed by atoms with E-state index in [1.54, 1.807) is 0 Å². The Morgan fingerprint density at radius 2 is 0.522 bits per heavy atom. The minimum Gasteiger partial charge on any atom is -0.310 e. The van der Waals surface area contributed by atoms with Crippen LogP contribution in [0.5, 0.6) is 0 Å². The highest BCUT2D eigenvalue weighted by molar-refractivity contribution is 6.16. The lowest BCUT2D eigenvalue weighted by Gasteiger charge is -2.27. The second kappa shape index (κ2) is 20.7. The number of pyridine rings is 2. The van der Waals surface area contributed by atoms with Gasteiger partial charge in [-0.15, -0.1) is 0 Å². The zero-order valence-electron chi connectivity index (χ0n) is 48.8. The largest absolute Gasteiger partial charge is 0.310 e. The second-order valence-corrected chi connectivity index (χ2v) is 22.9. The van der Waals surface area contributed by atoms with Crippen LogP contribution < -0.4 is 9.80 Å². The van der Waals surface area contributed by atoms with E-state index in [2.05, 4.69) is 344 Å². The summed E-state index contributed by atoms with van der Waals surface area (Å²) in [5.41, 5.74) is 18.4. The van der Waals surface area contributed by atoms with Crippen LogP contribution in [0, 0.1) is 0 Å². The molecule has 0 aliphatic heterocycles. The molecule has 0 atom stereocenters. The Hall–Kier alpha value is -12.3. The van der Waals surface area contributed by atoms with E-state index in [1.807, 2.05) is 12.4 Å². The highest BCUT2D eigenvalue weighted by Gasteiger charge is 2.33. The topological polar surface area (TPSA) is 52.0 Å². The molecule has 0 aliphatic rings. The molecule has 6 heterocycles. The number of hydrogen-bond acceptors (Lipinski definition) is 4. The number of rotatable bonds is 11. The minimum absolute atomic E-state index is 0.757. The van der Waals surface area contributed by atoms with Crippen molar-refractivity contribution in [2.75, 3.05) is 9.80 Å². The van der Waals surface area contributed by atoms with Gasteiger partial charge in [0.15, 0.2) is 11.6 Å². The molecular formula is C82H54N8. The first-order valence-corrected chi connectivity index (χ1v) is 30.6. The van der Waals surface area contributed by atoms with E-state index in [-0.39, 0.29) is 0 Å². The Morgan fingerprint density at radius 1 is 0.233 bits per heavy atom. The van der Waals surface area contributed by atoms with Gasteiger partial charge < -0.3 is 18.9 Å². The average molecular weight is 1150 g/mol. The molecule has 0 unspecified atom stereocenters. The molecule has 0 saturated heterocycles. The quantitative estimate of drug-likeness (QED) is 0.130. The van der Waals surface area contributed by atoms with E-state index in [0.717, 1.165) is 155 Å². The molecular weight excluding hydrogens is 1100 g/mol. The van der Waals surface area contributed by atoms with E-state index >= 15 is 0 Å². The van der Waals surface area contributed by atoms with Gasteiger partial charge in [0.1, 0.15) is 11.4 Å². The number of benzene rings is 12. The van der Waals surface area contributed by atoms with Crippen molar-refractivity contribution in [3.8, 4) is 34.1 Å². The lowest BCUT2D eigenvalue weighted by Crippen LogP contribution is -2.16. The van der Waals surface area contributed by atoms with Gasteiger partial charge in [0.05, 0.1) is 44.1 Å². The smallest absolute Gasteiger partial charge is 0.165 e. The fourth-order valence-electron chi connectivity index (χ4n) is 14.2. The van der Waals surface area contributed by atoms with Gasteiger partial charge >= 0.3 is 0 Å². The van der Waals surface area contributed by atoms with Crippen LogP contribution in [-0.2, 0) is 0 Å². The summed E-state index contributed by atoms with van der Waals surface area (Å²) in [7, 11) is 0. The first-order valence-electron chi connectivity index (χ1n) is 30.6. The predicted octanol–water partition coefficient (Wildman–Crippen LogP) is 21.5. The Bertz CT molecular complexity index is 5600.